The van der Waals surface area contributed by atoms with E-state index in [1.807, 2.05) is 11.3 Å². The van der Waals surface area contributed by atoms with Gasteiger partial charge in [0.15, 0.2) is 11.2 Å². The molecular formula is C19H27N5O2. The molecule has 4 rings (SSSR count). The first-order valence-electron chi connectivity index (χ1n) is 9.29. The van der Waals surface area contributed by atoms with Gasteiger partial charge in [0.1, 0.15) is 0 Å². The third-order valence-corrected chi connectivity index (χ3v) is 6.06. The largest absolute Gasteiger partial charge is 0.329 e. The summed E-state index contributed by atoms with van der Waals surface area (Å²) in [5, 5.41) is 0. The van der Waals surface area contributed by atoms with E-state index in [0.717, 1.165) is 30.0 Å². The Balaban J connectivity index is 2.05. The Kier molecular flexibility index (Phi) is 3.52. The van der Waals surface area contributed by atoms with E-state index in [2.05, 4.69) is 37.2 Å². The molecule has 3 heterocycles. The summed E-state index contributed by atoms with van der Waals surface area (Å²) in [7, 11) is 1.64. The molecule has 7 heteroatoms. The summed E-state index contributed by atoms with van der Waals surface area (Å²) in [5.74, 6) is 1.40. The Morgan fingerprint density at radius 1 is 1.15 bits per heavy atom. The van der Waals surface area contributed by atoms with Crippen LogP contribution in [0.25, 0.3) is 16.9 Å². The smallest absolute Gasteiger partial charge is 0.311 e. The maximum atomic E-state index is 12.5. The third kappa shape index (κ3) is 2.29. The van der Waals surface area contributed by atoms with Crippen molar-refractivity contribution in [1.82, 2.24) is 23.5 Å². The molecule has 1 aliphatic rings. The van der Waals surface area contributed by atoms with Gasteiger partial charge in [0.05, 0.1) is 0 Å². The molecule has 3 aromatic heterocycles. The van der Waals surface area contributed by atoms with Crippen molar-refractivity contribution in [3.05, 3.63) is 32.2 Å². The second-order valence-electron chi connectivity index (χ2n) is 8.85. The number of nitrogens with one attached hydrogen (secondary N) is 1. The van der Waals surface area contributed by atoms with Gasteiger partial charge in [-0.1, -0.05) is 20.8 Å². The fourth-order valence-electron chi connectivity index (χ4n) is 5.07. The molecule has 1 saturated carbocycles. The lowest BCUT2D eigenvalue weighted by Gasteiger charge is -2.40. The molecular weight excluding hydrogens is 330 g/mol. The van der Waals surface area contributed by atoms with Gasteiger partial charge in [-0.25, -0.2) is 4.79 Å². The first-order valence-corrected chi connectivity index (χ1v) is 9.29. The molecule has 0 unspecified atom stereocenters. The minimum atomic E-state index is -0.434. The van der Waals surface area contributed by atoms with E-state index < -0.39 is 5.69 Å². The summed E-state index contributed by atoms with van der Waals surface area (Å²) in [6, 6.07) is 0.345. The second-order valence-corrected chi connectivity index (χ2v) is 8.85. The van der Waals surface area contributed by atoms with Gasteiger partial charge >= 0.3 is 5.69 Å². The van der Waals surface area contributed by atoms with Crippen molar-refractivity contribution in [3.8, 4) is 0 Å². The topological polar surface area (TPSA) is 77.1 Å². The zero-order valence-corrected chi connectivity index (χ0v) is 16.4. The summed E-state index contributed by atoms with van der Waals surface area (Å²) in [5.41, 5.74) is 2.49. The number of rotatable bonds is 1. The van der Waals surface area contributed by atoms with Gasteiger partial charge in [-0.2, -0.15) is 4.98 Å². The van der Waals surface area contributed by atoms with Crippen LogP contribution in [0.4, 0.5) is 0 Å². The van der Waals surface area contributed by atoms with Crippen molar-refractivity contribution < 1.29 is 0 Å². The van der Waals surface area contributed by atoms with Crippen LogP contribution >= 0.6 is 0 Å². The fraction of sp³-hybridized carbons (Fsp3) is 0.632. The number of aromatic amines is 1. The minimum absolute atomic E-state index is 0.278. The maximum Gasteiger partial charge on any atom is 0.329 e. The summed E-state index contributed by atoms with van der Waals surface area (Å²) in [6.45, 7) is 11.1. The van der Waals surface area contributed by atoms with Crippen molar-refractivity contribution in [1.29, 1.82) is 0 Å². The molecule has 0 spiro atoms. The number of hydrogen-bond donors (Lipinski definition) is 1. The number of fused-ring (bicyclic) bond motifs is 3. The van der Waals surface area contributed by atoms with Crippen LogP contribution in [-0.2, 0) is 7.05 Å². The van der Waals surface area contributed by atoms with E-state index in [9.17, 15) is 9.59 Å². The van der Waals surface area contributed by atoms with Gasteiger partial charge in [-0.15, -0.1) is 0 Å². The van der Waals surface area contributed by atoms with E-state index in [4.69, 9.17) is 4.98 Å². The number of nitrogens with zero attached hydrogens (tertiary/aromatic N) is 4. The first-order chi connectivity index (χ1) is 12.1. The molecule has 0 radical (unpaired) electrons. The summed E-state index contributed by atoms with van der Waals surface area (Å²) in [6.07, 6.45) is 3.41. The Morgan fingerprint density at radius 2 is 1.85 bits per heavy atom. The summed E-state index contributed by atoms with van der Waals surface area (Å²) in [4.78, 5) is 31.6. The van der Waals surface area contributed by atoms with Gasteiger partial charge in [-0.05, 0) is 44.4 Å². The van der Waals surface area contributed by atoms with Crippen molar-refractivity contribution in [2.75, 3.05) is 0 Å². The molecule has 26 heavy (non-hydrogen) atoms. The number of H-pyrrole nitrogens is 1. The molecule has 0 saturated heterocycles. The van der Waals surface area contributed by atoms with Gasteiger partial charge in [0.2, 0.25) is 5.78 Å². The predicted molar refractivity (Wildman–Crippen MR) is 102 cm³/mol. The minimum Gasteiger partial charge on any atom is -0.311 e. The molecule has 0 bridgehead atoms. The highest BCUT2D eigenvalue weighted by atomic mass is 16.2. The van der Waals surface area contributed by atoms with Crippen LogP contribution in [0, 0.1) is 25.2 Å². The first kappa shape index (κ1) is 17.1. The predicted octanol–water partition coefficient (Wildman–Crippen LogP) is 2.68. The molecule has 140 valence electrons. The van der Waals surface area contributed by atoms with Crippen molar-refractivity contribution in [2.24, 2.45) is 18.4 Å². The van der Waals surface area contributed by atoms with Crippen LogP contribution in [0.3, 0.4) is 0 Å². The number of hydrogen-bond acceptors (Lipinski definition) is 3. The SMILES string of the molecule is Cc1c(C)n2c3c(=O)[nH]c(=O)n(C)c3nc2n1[C@@H]1C[C@@H](C)CC(C)(C)C1. The van der Waals surface area contributed by atoms with Crippen LogP contribution in [0.2, 0.25) is 0 Å². The summed E-state index contributed by atoms with van der Waals surface area (Å²) < 4.78 is 5.61. The Bertz CT molecular complexity index is 1140. The van der Waals surface area contributed by atoms with Crippen LogP contribution in [-0.4, -0.2) is 23.5 Å². The Morgan fingerprint density at radius 3 is 2.50 bits per heavy atom. The highest BCUT2D eigenvalue weighted by Gasteiger charge is 2.35. The lowest BCUT2D eigenvalue weighted by atomic mass is 9.70. The standard InChI is InChI=1S/C19H27N5O2/c1-10-7-13(9-19(4,5)8-10)23-11(2)12(3)24-14-15(20-17(23)24)22(6)18(26)21-16(14)25/h10,13H,7-9H2,1-6H3,(H,21,25,26)/t10-,13-/m1/s1. The molecule has 1 fully saturated rings. The van der Waals surface area contributed by atoms with Crippen molar-refractivity contribution in [3.63, 3.8) is 0 Å². The van der Waals surface area contributed by atoms with Crippen molar-refractivity contribution >= 4 is 16.9 Å². The van der Waals surface area contributed by atoms with E-state index in [1.165, 1.54) is 11.0 Å². The Hall–Kier alpha value is -2.31. The van der Waals surface area contributed by atoms with E-state index in [-0.39, 0.29) is 11.0 Å². The van der Waals surface area contributed by atoms with Gasteiger partial charge < -0.3 is 4.57 Å². The lowest BCUT2D eigenvalue weighted by Crippen LogP contribution is -2.30. The third-order valence-electron chi connectivity index (χ3n) is 6.06. The number of aromatic nitrogens is 5. The van der Waals surface area contributed by atoms with Crippen LogP contribution in [0.1, 0.15) is 57.5 Å². The van der Waals surface area contributed by atoms with E-state index in [1.54, 1.807) is 7.05 Å². The number of imidazole rings is 2. The lowest BCUT2D eigenvalue weighted by molar-refractivity contribution is 0.138. The van der Waals surface area contributed by atoms with E-state index in [0.29, 0.717) is 23.1 Å². The zero-order chi connectivity index (χ0) is 19.0. The quantitative estimate of drug-likeness (QED) is 0.727. The van der Waals surface area contributed by atoms with Crippen LogP contribution in [0.15, 0.2) is 9.59 Å². The van der Waals surface area contributed by atoms with E-state index >= 15 is 0 Å². The molecule has 1 aliphatic carbocycles. The second kappa shape index (κ2) is 5.34. The molecule has 3 aromatic rings. The average Bonchev–Trinajstić information content (AvgIpc) is 3.00. The molecule has 0 aliphatic heterocycles. The van der Waals surface area contributed by atoms with Crippen molar-refractivity contribution in [2.45, 2.75) is 59.9 Å². The monoisotopic (exact) mass is 357 g/mol. The summed E-state index contributed by atoms with van der Waals surface area (Å²) >= 11 is 0. The Labute approximate surface area is 151 Å². The average molecular weight is 357 g/mol. The normalized spacial score (nSPS) is 23.2. The molecule has 1 N–H and O–H groups in total. The highest BCUT2D eigenvalue weighted by molar-refractivity contribution is 5.76. The van der Waals surface area contributed by atoms with Gasteiger partial charge in [0, 0.05) is 24.5 Å². The maximum absolute atomic E-state index is 12.5. The molecule has 2 atom stereocenters. The number of aryl methyl sites for hydroxylation is 2. The van der Waals surface area contributed by atoms with Gasteiger partial charge in [0.25, 0.3) is 5.56 Å². The molecule has 7 nitrogen and oxygen atoms in total. The van der Waals surface area contributed by atoms with Crippen LogP contribution in [0.5, 0.6) is 0 Å². The zero-order valence-electron chi connectivity index (χ0n) is 16.4. The van der Waals surface area contributed by atoms with Gasteiger partial charge in [-0.3, -0.25) is 18.7 Å². The molecule has 0 amide bonds. The van der Waals surface area contributed by atoms with Crippen LogP contribution < -0.4 is 11.2 Å². The fourth-order valence-corrected chi connectivity index (χ4v) is 5.07. The molecule has 0 aromatic carbocycles. The highest BCUT2D eigenvalue weighted by Crippen LogP contribution is 2.45.